The Kier molecular flexibility index (Phi) is 5.31. The first kappa shape index (κ1) is 15.8. The van der Waals surface area contributed by atoms with Crippen molar-refractivity contribution in [1.82, 2.24) is 4.90 Å². The van der Waals surface area contributed by atoms with Crippen LogP contribution in [-0.2, 0) is 20.9 Å². The molecular formula is C18H19NO3. The summed E-state index contributed by atoms with van der Waals surface area (Å²) in [5.74, 6) is -1.45. The second-order valence-electron chi connectivity index (χ2n) is 4.90. The first-order valence-corrected chi connectivity index (χ1v) is 7.19. The van der Waals surface area contributed by atoms with Gasteiger partial charge in [-0.2, -0.15) is 0 Å². The van der Waals surface area contributed by atoms with Crippen molar-refractivity contribution in [3.8, 4) is 11.1 Å². The second-order valence-corrected chi connectivity index (χ2v) is 4.90. The van der Waals surface area contributed by atoms with E-state index in [-0.39, 0.29) is 6.61 Å². The fourth-order valence-electron chi connectivity index (χ4n) is 2.23. The van der Waals surface area contributed by atoms with E-state index in [4.69, 9.17) is 4.74 Å². The molecule has 0 bridgehead atoms. The van der Waals surface area contributed by atoms with Crippen LogP contribution in [0.3, 0.4) is 0 Å². The van der Waals surface area contributed by atoms with Crippen molar-refractivity contribution >= 4 is 11.9 Å². The highest BCUT2D eigenvalue weighted by Crippen LogP contribution is 2.24. The van der Waals surface area contributed by atoms with Crippen LogP contribution in [-0.4, -0.2) is 30.4 Å². The third-order valence-corrected chi connectivity index (χ3v) is 3.31. The zero-order valence-electron chi connectivity index (χ0n) is 12.8. The Bertz CT molecular complexity index is 652. The number of likely N-dealkylation sites (N-methyl/N-ethyl adjacent to an activating group) is 1. The number of ether oxygens (including phenoxy) is 1. The molecule has 2 aromatic rings. The molecule has 0 fully saturated rings. The number of carbonyl (C=O) groups excluding carboxylic acids is 2. The summed E-state index contributed by atoms with van der Waals surface area (Å²) in [6.45, 7) is 2.22. The van der Waals surface area contributed by atoms with Gasteiger partial charge in [-0.1, -0.05) is 54.6 Å². The molecule has 0 atom stereocenters. The van der Waals surface area contributed by atoms with E-state index >= 15 is 0 Å². The average molecular weight is 297 g/mol. The summed E-state index contributed by atoms with van der Waals surface area (Å²) in [5.41, 5.74) is 3.11. The number of hydrogen-bond acceptors (Lipinski definition) is 3. The third-order valence-electron chi connectivity index (χ3n) is 3.31. The van der Waals surface area contributed by atoms with E-state index in [2.05, 4.69) is 0 Å². The van der Waals surface area contributed by atoms with Crippen LogP contribution in [0.1, 0.15) is 12.5 Å². The molecule has 0 aliphatic rings. The molecule has 0 aliphatic carbocycles. The number of carbonyl (C=O) groups is 2. The molecule has 0 heterocycles. The lowest BCUT2D eigenvalue weighted by atomic mass is 9.99. The predicted octanol–water partition coefficient (Wildman–Crippen LogP) is 2.88. The van der Waals surface area contributed by atoms with Gasteiger partial charge in [0.05, 0.1) is 6.61 Å². The van der Waals surface area contributed by atoms with E-state index in [1.807, 2.05) is 54.6 Å². The monoisotopic (exact) mass is 297 g/mol. The van der Waals surface area contributed by atoms with Crippen molar-refractivity contribution in [1.29, 1.82) is 0 Å². The van der Waals surface area contributed by atoms with E-state index in [0.717, 1.165) is 16.7 Å². The van der Waals surface area contributed by atoms with Crippen molar-refractivity contribution in [2.75, 3.05) is 13.7 Å². The third kappa shape index (κ3) is 3.73. The van der Waals surface area contributed by atoms with E-state index in [1.165, 1.54) is 4.90 Å². The van der Waals surface area contributed by atoms with E-state index in [9.17, 15) is 9.59 Å². The zero-order valence-corrected chi connectivity index (χ0v) is 12.8. The van der Waals surface area contributed by atoms with Crippen LogP contribution in [0.25, 0.3) is 11.1 Å². The van der Waals surface area contributed by atoms with E-state index in [1.54, 1.807) is 14.0 Å². The molecule has 2 rings (SSSR count). The molecule has 22 heavy (non-hydrogen) atoms. The first-order chi connectivity index (χ1) is 10.6. The van der Waals surface area contributed by atoms with Gasteiger partial charge in [-0.15, -0.1) is 0 Å². The van der Waals surface area contributed by atoms with Crippen LogP contribution in [0.15, 0.2) is 54.6 Å². The quantitative estimate of drug-likeness (QED) is 0.644. The first-order valence-electron chi connectivity index (χ1n) is 7.19. The SMILES string of the molecule is CCOC(=O)C(=O)N(C)Cc1ccccc1-c1ccccc1. The number of esters is 1. The minimum Gasteiger partial charge on any atom is -0.459 e. The molecule has 2 aromatic carbocycles. The summed E-state index contributed by atoms with van der Waals surface area (Å²) in [5, 5.41) is 0. The Hall–Kier alpha value is -2.62. The van der Waals surface area contributed by atoms with Crippen LogP contribution >= 0.6 is 0 Å². The minimum absolute atomic E-state index is 0.193. The Labute approximate surface area is 130 Å². The average Bonchev–Trinajstić information content (AvgIpc) is 2.55. The molecule has 0 radical (unpaired) electrons. The molecule has 0 aliphatic heterocycles. The van der Waals surface area contributed by atoms with Crippen molar-refractivity contribution < 1.29 is 14.3 Å². The van der Waals surface area contributed by atoms with Crippen molar-refractivity contribution in [3.63, 3.8) is 0 Å². The number of amides is 1. The molecule has 4 nitrogen and oxygen atoms in total. The maximum Gasteiger partial charge on any atom is 0.397 e. The molecule has 4 heteroatoms. The fraction of sp³-hybridized carbons (Fsp3) is 0.222. The van der Waals surface area contributed by atoms with Gasteiger partial charge in [-0.3, -0.25) is 4.79 Å². The lowest BCUT2D eigenvalue weighted by molar-refractivity contribution is -0.159. The van der Waals surface area contributed by atoms with Gasteiger partial charge in [0.15, 0.2) is 0 Å². The predicted molar refractivity (Wildman–Crippen MR) is 85.0 cm³/mol. The van der Waals surface area contributed by atoms with Gasteiger partial charge >= 0.3 is 11.9 Å². The molecule has 0 aromatic heterocycles. The number of benzene rings is 2. The van der Waals surface area contributed by atoms with Gasteiger partial charge < -0.3 is 9.64 Å². The van der Waals surface area contributed by atoms with Crippen LogP contribution < -0.4 is 0 Å². The standard InChI is InChI=1S/C18H19NO3/c1-3-22-18(21)17(20)19(2)13-15-11-7-8-12-16(15)14-9-5-4-6-10-14/h4-12H,3,13H2,1-2H3. The zero-order chi connectivity index (χ0) is 15.9. The summed E-state index contributed by atoms with van der Waals surface area (Å²) < 4.78 is 4.75. The highest BCUT2D eigenvalue weighted by Gasteiger charge is 2.20. The number of rotatable bonds is 4. The minimum atomic E-state index is -0.817. The molecule has 0 saturated heterocycles. The molecule has 1 amide bonds. The maximum absolute atomic E-state index is 11.9. The Balaban J connectivity index is 2.20. The lowest BCUT2D eigenvalue weighted by Gasteiger charge is -2.18. The van der Waals surface area contributed by atoms with Crippen LogP contribution in [0, 0.1) is 0 Å². The van der Waals surface area contributed by atoms with Crippen molar-refractivity contribution in [2.45, 2.75) is 13.5 Å². The largest absolute Gasteiger partial charge is 0.459 e. The summed E-state index contributed by atoms with van der Waals surface area (Å²) in [4.78, 5) is 24.8. The summed E-state index contributed by atoms with van der Waals surface area (Å²) in [6.07, 6.45) is 0. The van der Waals surface area contributed by atoms with Crippen LogP contribution in [0.5, 0.6) is 0 Å². The topological polar surface area (TPSA) is 46.6 Å². The van der Waals surface area contributed by atoms with Gasteiger partial charge in [0, 0.05) is 13.6 Å². The normalized spacial score (nSPS) is 10.1. The van der Waals surface area contributed by atoms with Crippen LogP contribution in [0.4, 0.5) is 0 Å². The van der Waals surface area contributed by atoms with Gasteiger partial charge in [-0.05, 0) is 23.6 Å². The Morgan fingerprint density at radius 2 is 1.64 bits per heavy atom. The maximum atomic E-state index is 11.9. The lowest BCUT2D eigenvalue weighted by Crippen LogP contribution is -2.34. The Morgan fingerprint density at radius 3 is 2.32 bits per heavy atom. The molecule has 0 unspecified atom stereocenters. The number of hydrogen-bond donors (Lipinski definition) is 0. The molecular weight excluding hydrogens is 278 g/mol. The second kappa shape index (κ2) is 7.41. The summed E-state index contributed by atoms with van der Waals surface area (Å²) in [7, 11) is 1.60. The highest BCUT2D eigenvalue weighted by atomic mass is 16.5. The van der Waals surface area contributed by atoms with Gasteiger partial charge in [0.1, 0.15) is 0 Å². The van der Waals surface area contributed by atoms with Crippen LogP contribution in [0.2, 0.25) is 0 Å². The highest BCUT2D eigenvalue weighted by molar-refractivity contribution is 6.32. The van der Waals surface area contributed by atoms with Gasteiger partial charge in [0.2, 0.25) is 0 Å². The number of nitrogens with zero attached hydrogens (tertiary/aromatic N) is 1. The van der Waals surface area contributed by atoms with Gasteiger partial charge in [0.25, 0.3) is 0 Å². The smallest absolute Gasteiger partial charge is 0.397 e. The molecule has 0 N–H and O–H groups in total. The molecule has 114 valence electrons. The van der Waals surface area contributed by atoms with E-state index in [0.29, 0.717) is 6.54 Å². The summed E-state index contributed by atoms with van der Waals surface area (Å²) >= 11 is 0. The summed E-state index contributed by atoms with van der Waals surface area (Å²) in [6, 6.07) is 17.8. The molecule has 0 saturated carbocycles. The Morgan fingerprint density at radius 1 is 1.00 bits per heavy atom. The van der Waals surface area contributed by atoms with Crippen molar-refractivity contribution in [2.24, 2.45) is 0 Å². The van der Waals surface area contributed by atoms with E-state index < -0.39 is 11.9 Å². The van der Waals surface area contributed by atoms with Gasteiger partial charge in [-0.25, -0.2) is 4.79 Å². The molecule has 0 spiro atoms. The van der Waals surface area contributed by atoms with Crippen molar-refractivity contribution in [3.05, 3.63) is 60.2 Å². The fourth-order valence-corrected chi connectivity index (χ4v) is 2.23.